The predicted octanol–water partition coefficient (Wildman–Crippen LogP) is 2.15. The minimum absolute atomic E-state index is 0.0119. The smallest absolute Gasteiger partial charge is 0.272 e. The summed E-state index contributed by atoms with van der Waals surface area (Å²) in [5.41, 5.74) is 2.06. The van der Waals surface area contributed by atoms with Gasteiger partial charge in [-0.3, -0.25) is 14.3 Å². The highest BCUT2D eigenvalue weighted by atomic mass is 16.3. The second kappa shape index (κ2) is 7.13. The van der Waals surface area contributed by atoms with Crippen molar-refractivity contribution in [3.63, 3.8) is 0 Å². The largest absolute Gasteiger partial charge is 0.469 e. The van der Waals surface area contributed by atoms with Crippen molar-refractivity contribution in [1.29, 1.82) is 0 Å². The number of piperidine rings is 1. The molecule has 0 radical (unpaired) electrons. The molecule has 25 heavy (non-hydrogen) atoms. The molecule has 7 nitrogen and oxygen atoms in total. The van der Waals surface area contributed by atoms with E-state index >= 15 is 0 Å². The first-order chi connectivity index (χ1) is 12.0. The van der Waals surface area contributed by atoms with E-state index in [1.165, 1.54) is 6.26 Å². The van der Waals surface area contributed by atoms with E-state index in [4.69, 9.17) is 4.42 Å². The highest BCUT2D eigenvalue weighted by molar-refractivity contribution is 5.95. The molecule has 0 aliphatic carbocycles. The van der Waals surface area contributed by atoms with Crippen LogP contribution in [0.5, 0.6) is 0 Å². The number of likely N-dealkylation sites (tertiary alicyclic amines) is 1. The van der Waals surface area contributed by atoms with E-state index < -0.39 is 0 Å². The summed E-state index contributed by atoms with van der Waals surface area (Å²) in [7, 11) is 0. The third kappa shape index (κ3) is 3.60. The van der Waals surface area contributed by atoms with Gasteiger partial charge in [0.15, 0.2) is 0 Å². The lowest BCUT2D eigenvalue weighted by molar-refractivity contribution is 0.0686. The van der Waals surface area contributed by atoms with E-state index in [-0.39, 0.29) is 17.9 Å². The van der Waals surface area contributed by atoms with Crippen LogP contribution in [0.4, 0.5) is 0 Å². The second-order valence-corrected chi connectivity index (χ2v) is 6.42. The SMILES string of the molecule is CCn1nc(C)cc1C(=O)N1CCC(NC(=O)c2ccoc2C)CC1. The maximum atomic E-state index is 12.7. The van der Waals surface area contributed by atoms with Crippen LogP contribution in [0, 0.1) is 13.8 Å². The second-order valence-electron chi connectivity index (χ2n) is 6.42. The van der Waals surface area contributed by atoms with E-state index in [1.54, 1.807) is 17.7 Å². The van der Waals surface area contributed by atoms with Gasteiger partial charge >= 0.3 is 0 Å². The summed E-state index contributed by atoms with van der Waals surface area (Å²) in [6, 6.07) is 3.59. The number of rotatable bonds is 4. The Bertz CT molecular complexity index is 769. The number of hydrogen-bond donors (Lipinski definition) is 1. The Labute approximate surface area is 147 Å². The van der Waals surface area contributed by atoms with E-state index in [9.17, 15) is 9.59 Å². The van der Waals surface area contributed by atoms with Crippen LogP contribution < -0.4 is 5.32 Å². The summed E-state index contributed by atoms with van der Waals surface area (Å²) >= 11 is 0. The molecule has 134 valence electrons. The Balaban J connectivity index is 1.57. The first-order valence-electron chi connectivity index (χ1n) is 8.68. The standard InChI is InChI=1S/C18H24N4O3/c1-4-22-16(11-12(2)20-22)18(24)21-8-5-14(6-9-21)19-17(23)15-7-10-25-13(15)3/h7,10-11,14H,4-6,8-9H2,1-3H3,(H,19,23). The minimum atomic E-state index is -0.115. The summed E-state index contributed by atoms with van der Waals surface area (Å²) in [6.45, 7) is 7.57. The molecule has 0 bridgehead atoms. The van der Waals surface area contributed by atoms with Gasteiger partial charge in [-0.25, -0.2) is 0 Å². The summed E-state index contributed by atoms with van der Waals surface area (Å²) in [4.78, 5) is 26.8. The number of nitrogens with zero attached hydrogens (tertiary/aromatic N) is 3. The predicted molar refractivity (Wildman–Crippen MR) is 92.5 cm³/mol. The van der Waals surface area contributed by atoms with Crippen molar-refractivity contribution in [3.8, 4) is 0 Å². The van der Waals surface area contributed by atoms with Crippen molar-refractivity contribution in [2.75, 3.05) is 13.1 Å². The summed E-state index contributed by atoms with van der Waals surface area (Å²) in [5, 5.41) is 7.37. The van der Waals surface area contributed by atoms with Crippen LogP contribution in [0.15, 0.2) is 22.8 Å². The molecule has 0 unspecified atom stereocenters. The lowest BCUT2D eigenvalue weighted by Crippen LogP contribution is -2.47. The van der Waals surface area contributed by atoms with Crippen LogP contribution in [0.3, 0.4) is 0 Å². The number of amides is 2. The van der Waals surface area contributed by atoms with E-state index in [0.29, 0.717) is 36.7 Å². The van der Waals surface area contributed by atoms with Gasteiger partial charge in [0, 0.05) is 25.7 Å². The molecule has 2 aromatic heterocycles. The Kier molecular flexibility index (Phi) is 4.92. The summed E-state index contributed by atoms with van der Waals surface area (Å²) in [6.07, 6.45) is 3.01. The Hall–Kier alpha value is -2.57. The Morgan fingerprint density at radius 2 is 2.04 bits per heavy atom. The first-order valence-corrected chi connectivity index (χ1v) is 8.68. The zero-order chi connectivity index (χ0) is 18.0. The molecule has 2 aromatic rings. The maximum Gasteiger partial charge on any atom is 0.272 e. The number of furan rings is 1. The molecule has 3 rings (SSSR count). The van der Waals surface area contributed by atoms with Crippen molar-refractivity contribution in [3.05, 3.63) is 41.1 Å². The highest BCUT2D eigenvalue weighted by Crippen LogP contribution is 2.16. The molecule has 0 saturated carbocycles. The Morgan fingerprint density at radius 3 is 2.64 bits per heavy atom. The molecule has 0 spiro atoms. The maximum absolute atomic E-state index is 12.7. The monoisotopic (exact) mass is 344 g/mol. The van der Waals surface area contributed by atoms with Crippen LogP contribution in [0.1, 0.15) is 52.1 Å². The average Bonchev–Trinajstić information content (AvgIpc) is 3.20. The molecule has 7 heteroatoms. The number of carbonyl (C=O) groups excluding carboxylic acids is 2. The van der Waals surface area contributed by atoms with Crippen LogP contribution in [0.25, 0.3) is 0 Å². The molecule has 0 atom stereocenters. The number of aryl methyl sites for hydroxylation is 3. The van der Waals surface area contributed by atoms with Gasteiger partial charge in [-0.2, -0.15) is 5.10 Å². The van der Waals surface area contributed by atoms with E-state index in [0.717, 1.165) is 18.5 Å². The molecule has 1 saturated heterocycles. The van der Waals surface area contributed by atoms with Gasteiger partial charge in [0.05, 0.1) is 17.5 Å². The molecule has 1 aliphatic rings. The molecule has 1 fully saturated rings. The molecule has 0 aromatic carbocycles. The molecular formula is C18H24N4O3. The van der Waals surface area contributed by atoms with Crippen LogP contribution >= 0.6 is 0 Å². The normalized spacial score (nSPS) is 15.4. The number of carbonyl (C=O) groups is 2. The fraction of sp³-hybridized carbons (Fsp3) is 0.500. The lowest BCUT2D eigenvalue weighted by atomic mass is 10.0. The zero-order valence-corrected chi connectivity index (χ0v) is 14.9. The number of nitrogens with one attached hydrogen (secondary N) is 1. The van der Waals surface area contributed by atoms with Crippen LogP contribution in [-0.2, 0) is 6.54 Å². The fourth-order valence-electron chi connectivity index (χ4n) is 3.23. The van der Waals surface area contributed by atoms with E-state index in [2.05, 4.69) is 10.4 Å². The lowest BCUT2D eigenvalue weighted by Gasteiger charge is -2.32. The summed E-state index contributed by atoms with van der Waals surface area (Å²) in [5.74, 6) is 0.516. The Morgan fingerprint density at radius 1 is 1.32 bits per heavy atom. The molecule has 1 aliphatic heterocycles. The van der Waals surface area contributed by atoms with Crippen molar-refractivity contribution in [2.45, 2.75) is 46.2 Å². The minimum Gasteiger partial charge on any atom is -0.469 e. The van der Waals surface area contributed by atoms with Crippen LogP contribution in [0.2, 0.25) is 0 Å². The van der Waals surface area contributed by atoms with Crippen molar-refractivity contribution < 1.29 is 14.0 Å². The van der Waals surface area contributed by atoms with Gasteiger partial charge in [-0.15, -0.1) is 0 Å². The third-order valence-electron chi connectivity index (χ3n) is 4.64. The van der Waals surface area contributed by atoms with Gasteiger partial charge in [0.25, 0.3) is 11.8 Å². The van der Waals surface area contributed by atoms with Crippen molar-refractivity contribution >= 4 is 11.8 Å². The molecule has 1 N–H and O–H groups in total. The van der Waals surface area contributed by atoms with Gasteiger partial charge < -0.3 is 14.6 Å². The van der Waals surface area contributed by atoms with Crippen molar-refractivity contribution in [2.24, 2.45) is 0 Å². The van der Waals surface area contributed by atoms with Gasteiger partial charge in [-0.1, -0.05) is 0 Å². The average molecular weight is 344 g/mol. The van der Waals surface area contributed by atoms with Gasteiger partial charge in [0.1, 0.15) is 11.5 Å². The zero-order valence-electron chi connectivity index (χ0n) is 14.9. The molecule has 3 heterocycles. The fourth-order valence-corrected chi connectivity index (χ4v) is 3.23. The number of aromatic nitrogens is 2. The van der Waals surface area contributed by atoms with Gasteiger partial charge in [0.2, 0.25) is 0 Å². The number of hydrogen-bond acceptors (Lipinski definition) is 4. The quantitative estimate of drug-likeness (QED) is 0.921. The third-order valence-corrected chi connectivity index (χ3v) is 4.64. The van der Waals surface area contributed by atoms with Crippen molar-refractivity contribution in [1.82, 2.24) is 20.0 Å². The highest BCUT2D eigenvalue weighted by Gasteiger charge is 2.27. The first kappa shape index (κ1) is 17.3. The molecular weight excluding hydrogens is 320 g/mol. The molecule has 2 amide bonds. The summed E-state index contributed by atoms with van der Waals surface area (Å²) < 4.78 is 6.92. The van der Waals surface area contributed by atoms with Crippen LogP contribution in [-0.4, -0.2) is 45.6 Å². The van der Waals surface area contributed by atoms with Gasteiger partial charge in [-0.05, 0) is 45.7 Å². The topological polar surface area (TPSA) is 80.4 Å². The van der Waals surface area contributed by atoms with E-state index in [1.807, 2.05) is 24.8 Å².